The fourth-order valence-corrected chi connectivity index (χ4v) is 6.39. The fraction of sp³-hybridized carbons (Fsp3) is 0.0444. The molecule has 0 unspecified atom stereocenters. The first kappa shape index (κ1) is 38.9. The number of hydrogen-bond acceptors (Lipinski definition) is 9. The Morgan fingerprint density at radius 3 is 1.39 bits per heavy atom. The quantitative estimate of drug-likeness (QED) is 0.0634. The van der Waals surface area contributed by atoms with Gasteiger partial charge in [0.05, 0.1) is 33.4 Å². The summed E-state index contributed by atoms with van der Waals surface area (Å²) in [4.78, 5) is 87.1. The second-order valence-electron chi connectivity index (χ2n) is 13.2. The van der Waals surface area contributed by atoms with E-state index < -0.39 is 35.7 Å². The molecule has 0 aliphatic carbocycles. The lowest BCUT2D eigenvalue weighted by Crippen LogP contribution is -2.19. The van der Waals surface area contributed by atoms with E-state index >= 15 is 0 Å². The number of amides is 3. The maximum Gasteiger partial charge on any atom is 0.346 e. The lowest BCUT2D eigenvalue weighted by Gasteiger charge is -2.13. The number of cyclic esters (lactones) is 2. The van der Waals surface area contributed by atoms with Crippen molar-refractivity contribution >= 4 is 53.0 Å². The van der Waals surface area contributed by atoms with Crippen LogP contribution in [0.2, 0.25) is 0 Å². The van der Waals surface area contributed by atoms with Crippen LogP contribution >= 0.6 is 0 Å². The zero-order valence-corrected chi connectivity index (χ0v) is 31.1. The first-order valence-electron chi connectivity index (χ1n) is 17.8. The minimum absolute atomic E-state index is 0.0683. The van der Waals surface area contributed by atoms with Crippen LogP contribution in [0.3, 0.4) is 0 Å². The monoisotopic (exact) mass is 789 g/mol. The van der Waals surface area contributed by atoms with E-state index in [4.69, 9.17) is 4.74 Å². The number of benzene rings is 6. The first-order chi connectivity index (χ1) is 28.3. The molecular weight excluding hydrogens is 759 g/mol. The lowest BCUT2D eigenvalue weighted by atomic mass is 9.95. The molecule has 6 aromatic carbocycles. The average Bonchev–Trinajstić information content (AvgIpc) is 3.52. The molecule has 0 fully saturated rings. The molecule has 6 aromatic rings. The van der Waals surface area contributed by atoms with Gasteiger partial charge < -0.3 is 35.6 Å². The number of anilines is 2. The Labute approximate surface area is 335 Å². The smallest absolute Gasteiger partial charge is 0.346 e. The standard InChI is InChI=1S/C45H31N3O11/c1-23-3-4-24(19-35(23)39(49)46-2)25-5-16-32(42(52)53)36(20-25)40(50)47-28-8-12-30(13-9-28)58-31-14-10-29(11-15-31)48-41(51)37-21-26(6-17-33(37)43(54)55)27-7-18-34-38(22-27)45(57)59-44(34)56/h3-22H,1-2H3,(H,46,49)(H,47,50)(H,48,51)(H,52,53)(H,54,55). The fourth-order valence-electron chi connectivity index (χ4n) is 6.39. The second-order valence-corrected chi connectivity index (χ2v) is 13.2. The number of esters is 2. The minimum atomic E-state index is -1.32. The van der Waals surface area contributed by atoms with Crippen LogP contribution in [0.1, 0.15) is 78.1 Å². The maximum absolute atomic E-state index is 13.4. The highest BCUT2D eigenvalue weighted by Crippen LogP contribution is 2.31. The van der Waals surface area contributed by atoms with Gasteiger partial charge in [0.1, 0.15) is 11.5 Å². The normalized spacial score (nSPS) is 11.6. The maximum atomic E-state index is 13.4. The highest BCUT2D eigenvalue weighted by atomic mass is 16.6. The molecule has 0 atom stereocenters. The molecule has 5 N–H and O–H groups in total. The molecule has 0 spiro atoms. The summed E-state index contributed by atoms with van der Waals surface area (Å²) in [6.07, 6.45) is 0. The van der Waals surface area contributed by atoms with Gasteiger partial charge >= 0.3 is 23.9 Å². The van der Waals surface area contributed by atoms with Crippen molar-refractivity contribution in [1.82, 2.24) is 5.32 Å². The van der Waals surface area contributed by atoms with Crippen molar-refractivity contribution in [2.45, 2.75) is 6.92 Å². The van der Waals surface area contributed by atoms with Crippen LogP contribution in [0.15, 0.2) is 121 Å². The molecule has 1 heterocycles. The summed E-state index contributed by atoms with van der Waals surface area (Å²) in [5.74, 6) is -5.03. The van der Waals surface area contributed by atoms with E-state index in [1.807, 2.05) is 0 Å². The predicted octanol–water partition coefficient (Wildman–Crippen LogP) is 7.69. The van der Waals surface area contributed by atoms with Crippen molar-refractivity contribution < 1.29 is 53.2 Å². The van der Waals surface area contributed by atoms with E-state index in [2.05, 4.69) is 20.7 Å². The first-order valence-corrected chi connectivity index (χ1v) is 17.8. The third-order valence-corrected chi connectivity index (χ3v) is 9.47. The number of carbonyl (C=O) groups is 7. The number of aromatic carboxylic acids is 2. The van der Waals surface area contributed by atoms with Gasteiger partial charge in [0, 0.05) is 24.0 Å². The predicted molar refractivity (Wildman–Crippen MR) is 214 cm³/mol. The van der Waals surface area contributed by atoms with Crippen molar-refractivity contribution in [3.8, 4) is 33.8 Å². The van der Waals surface area contributed by atoms with E-state index in [1.165, 1.54) is 49.5 Å². The molecular formula is C45H31N3O11. The van der Waals surface area contributed by atoms with E-state index in [0.717, 1.165) is 5.56 Å². The van der Waals surface area contributed by atoms with Gasteiger partial charge in [0.2, 0.25) is 0 Å². The van der Waals surface area contributed by atoms with E-state index in [1.54, 1.807) is 85.8 Å². The average molecular weight is 790 g/mol. The van der Waals surface area contributed by atoms with E-state index in [9.17, 15) is 43.8 Å². The van der Waals surface area contributed by atoms with Crippen molar-refractivity contribution in [3.63, 3.8) is 0 Å². The zero-order valence-electron chi connectivity index (χ0n) is 31.1. The van der Waals surface area contributed by atoms with Crippen molar-refractivity contribution in [2.24, 2.45) is 0 Å². The molecule has 14 nitrogen and oxygen atoms in total. The van der Waals surface area contributed by atoms with Crippen molar-refractivity contribution in [2.75, 3.05) is 17.7 Å². The Bertz CT molecular complexity index is 2760. The number of nitrogens with one attached hydrogen (secondary N) is 3. The summed E-state index contributed by atoms with van der Waals surface area (Å²) in [7, 11) is 1.52. The molecule has 0 saturated carbocycles. The highest BCUT2D eigenvalue weighted by molar-refractivity contribution is 6.16. The largest absolute Gasteiger partial charge is 0.478 e. The molecule has 0 bridgehead atoms. The van der Waals surface area contributed by atoms with Gasteiger partial charge in [0.15, 0.2) is 0 Å². The van der Waals surface area contributed by atoms with Gasteiger partial charge in [-0.3, -0.25) is 14.4 Å². The summed E-state index contributed by atoms with van der Waals surface area (Å²) in [6, 6.07) is 30.8. The Hall–Kier alpha value is -8.39. The number of fused-ring (bicyclic) bond motifs is 1. The van der Waals surface area contributed by atoms with Crippen molar-refractivity contribution in [1.29, 1.82) is 0 Å². The Morgan fingerprint density at radius 1 is 0.492 bits per heavy atom. The summed E-state index contributed by atoms with van der Waals surface area (Å²) >= 11 is 0. The second kappa shape index (κ2) is 16.0. The van der Waals surface area contributed by atoms with Crippen LogP contribution in [0.4, 0.5) is 11.4 Å². The third kappa shape index (κ3) is 8.13. The number of carboxylic acids is 2. The Kier molecular flexibility index (Phi) is 10.5. The third-order valence-electron chi connectivity index (χ3n) is 9.47. The summed E-state index contributed by atoms with van der Waals surface area (Å²) in [5.41, 5.74) is 3.46. The number of hydrogen-bond donors (Lipinski definition) is 5. The molecule has 3 amide bonds. The molecule has 0 aromatic heterocycles. The van der Waals surface area contributed by atoms with Gasteiger partial charge in [-0.05, 0) is 126 Å². The highest BCUT2D eigenvalue weighted by Gasteiger charge is 2.30. The van der Waals surface area contributed by atoms with E-state index in [-0.39, 0.29) is 39.3 Å². The lowest BCUT2D eigenvalue weighted by molar-refractivity contribution is 0.0441. The number of rotatable bonds is 11. The van der Waals surface area contributed by atoms with Gasteiger partial charge in [-0.25, -0.2) is 19.2 Å². The number of carbonyl (C=O) groups excluding carboxylic acids is 5. The molecule has 59 heavy (non-hydrogen) atoms. The van der Waals surface area contributed by atoms with Gasteiger partial charge in [-0.2, -0.15) is 0 Å². The van der Waals surface area contributed by atoms with Crippen LogP contribution < -0.4 is 20.7 Å². The molecule has 7 rings (SSSR count). The van der Waals surface area contributed by atoms with Crippen LogP contribution in [0.5, 0.6) is 11.5 Å². The molecule has 0 saturated heterocycles. The number of carboxylic acid groups (broad SMARTS) is 2. The van der Waals surface area contributed by atoms with Crippen LogP contribution in [-0.4, -0.2) is 58.9 Å². The molecule has 1 aliphatic heterocycles. The van der Waals surface area contributed by atoms with Gasteiger partial charge in [0.25, 0.3) is 17.7 Å². The number of aryl methyl sites for hydroxylation is 1. The van der Waals surface area contributed by atoms with E-state index in [0.29, 0.717) is 50.7 Å². The SMILES string of the molecule is CNC(=O)c1cc(-c2ccc(C(=O)O)c(C(=O)Nc3ccc(Oc4ccc(NC(=O)c5cc(-c6ccc7c(c6)C(=O)OC7=O)ccc5C(=O)O)cc4)cc3)c2)ccc1C. The van der Waals surface area contributed by atoms with Crippen LogP contribution in [-0.2, 0) is 4.74 Å². The molecule has 14 heteroatoms. The van der Waals surface area contributed by atoms with Crippen LogP contribution in [0, 0.1) is 6.92 Å². The molecule has 292 valence electrons. The zero-order chi connectivity index (χ0) is 42.0. The van der Waals surface area contributed by atoms with Crippen molar-refractivity contribution in [3.05, 3.63) is 166 Å². The topological polar surface area (TPSA) is 214 Å². The number of ether oxygens (including phenoxy) is 2. The Morgan fingerprint density at radius 2 is 0.915 bits per heavy atom. The summed E-state index contributed by atoms with van der Waals surface area (Å²) in [6.45, 7) is 1.80. The Balaban J connectivity index is 1.02. The summed E-state index contributed by atoms with van der Waals surface area (Å²) in [5, 5.41) is 27.6. The van der Waals surface area contributed by atoms with Gasteiger partial charge in [-0.1, -0.05) is 30.3 Å². The van der Waals surface area contributed by atoms with Gasteiger partial charge in [-0.15, -0.1) is 0 Å². The molecule has 1 aliphatic rings. The molecule has 0 radical (unpaired) electrons. The summed E-state index contributed by atoms with van der Waals surface area (Å²) < 4.78 is 10.6. The minimum Gasteiger partial charge on any atom is -0.478 e. The van der Waals surface area contributed by atoms with Crippen LogP contribution in [0.25, 0.3) is 22.3 Å².